The first-order valence-corrected chi connectivity index (χ1v) is 28.9. The number of para-hydroxylation sites is 2. The molecule has 76 heavy (non-hydrogen) atoms. The van der Waals surface area contributed by atoms with E-state index in [2.05, 4.69) is 88.4 Å². The first-order chi connectivity index (χ1) is 36.8. The number of fused-ring (bicyclic) bond motifs is 10. The van der Waals surface area contributed by atoms with Crippen molar-refractivity contribution in [2.45, 2.75) is 219 Å². The molecule has 0 N–H and O–H groups in total. The van der Waals surface area contributed by atoms with Gasteiger partial charge in [0, 0.05) is 39.9 Å². The van der Waals surface area contributed by atoms with Gasteiger partial charge in [0.2, 0.25) is 0 Å². The lowest BCUT2D eigenvalue weighted by atomic mass is 9.88. The zero-order valence-corrected chi connectivity index (χ0v) is 47.4. The molecule has 0 saturated carbocycles. The van der Waals surface area contributed by atoms with Crippen LogP contribution in [0.25, 0.3) is 0 Å². The van der Waals surface area contributed by atoms with E-state index in [0.29, 0.717) is 52.1 Å². The van der Waals surface area contributed by atoms with Crippen LogP contribution in [0.1, 0.15) is 175 Å². The van der Waals surface area contributed by atoms with Crippen LogP contribution in [-0.2, 0) is 76.4 Å². The van der Waals surface area contributed by atoms with Crippen molar-refractivity contribution >= 4 is 0 Å². The van der Waals surface area contributed by atoms with Gasteiger partial charge in [-0.25, -0.2) is 0 Å². The Morgan fingerprint density at radius 1 is 0.421 bits per heavy atom. The highest BCUT2D eigenvalue weighted by Gasteiger charge is 2.56. The molecule has 1 aliphatic carbocycles. The molecular weight excluding hydrogens is 961 g/mol. The lowest BCUT2D eigenvalue weighted by molar-refractivity contribution is -0.227. The van der Waals surface area contributed by atoms with E-state index in [1.54, 1.807) is 14.2 Å². The van der Waals surface area contributed by atoms with Crippen LogP contribution in [0.3, 0.4) is 0 Å². The summed E-state index contributed by atoms with van der Waals surface area (Å²) in [7, 11) is 3.36. The summed E-state index contributed by atoms with van der Waals surface area (Å²) in [5.74, 6) is 2.51. The molecule has 4 aromatic rings. The maximum absolute atomic E-state index is 6.90. The second-order valence-electron chi connectivity index (χ2n) is 22.6. The number of methoxy groups -OCH3 is 2. The van der Waals surface area contributed by atoms with Crippen LogP contribution in [0.4, 0.5) is 0 Å². The van der Waals surface area contributed by atoms with Crippen LogP contribution in [-0.4, -0.2) is 101 Å². The van der Waals surface area contributed by atoms with Crippen LogP contribution in [0, 0.1) is 0 Å². The molecule has 0 unspecified atom stereocenters. The summed E-state index contributed by atoms with van der Waals surface area (Å²) in [6, 6.07) is 23.0. The minimum atomic E-state index is -0.659. The third-order valence-corrected chi connectivity index (χ3v) is 15.4. The number of unbranched alkanes of at least 4 members (excludes halogenated alkanes) is 2. The van der Waals surface area contributed by atoms with E-state index in [1.165, 1.54) is 33.4 Å². The summed E-state index contributed by atoms with van der Waals surface area (Å²) >= 11 is 0. The average molecular weight is 1050 g/mol. The van der Waals surface area contributed by atoms with Gasteiger partial charge in [0.05, 0.1) is 38.6 Å². The molecule has 4 saturated heterocycles. The number of hydrogen-bond acceptors (Lipinski definition) is 12. The Labute approximate surface area is 454 Å². The average Bonchev–Trinajstić information content (AvgIpc) is 4.10. The molecule has 9 rings (SSSR count). The molecule has 12 nitrogen and oxygen atoms in total. The quantitative estimate of drug-likeness (QED) is 0.0549. The Morgan fingerprint density at radius 2 is 0.724 bits per heavy atom. The van der Waals surface area contributed by atoms with Crippen molar-refractivity contribution in [1.29, 1.82) is 0 Å². The van der Waals surface area contributed by atoms with E-state index < -0.39 is 24.2 Å². The van der Waals surface area contributed by atoms with Crippen molar-refractivity contribution in [3.63, 3.8) is 0 Å². The maximum atomic E-state index is 6.90. The third kappa shape index (κ3) is 13.3. The second-order valence-corrected chi connectivity index (χ2v) is 22.6. The molecule has 4 aliphatic heterocycles. The maximum Gasteiger partial charge on any atom is 0.186 e. The number of benzene rings is 4. The predicted octanol–water partition coefficient (Wildman–Crippen LogP) is 12.7. The summed E-state index contributed by atoms with van der Waals surface area (Å²) in [6.07, 6.45) is 11.9. The Balaban J connectivity index is 1.07. The molecule has 416 valence electrons. The summed E-state index contributed by atoms with van der Waals surface area (Å²) < 4.78 is 76.8. The van der Waals surface area contributed by atoms with Gasteiger partial charge in [0.15, 0.2) is 24.2 Å². The van der Waals surface area contributed by atoms with E-state index >= 15 is 0 Å². The van der Waals surface area contributed by atoms with Crippen molar-refractivity contribution < 1.29 is 56.8 Å². The second kappa shape index (κ2) is 25.7. The monoisotopic (exact) mass is 1050 g/mol. The summed E-state index contributed by atoms with van der Waals surface area (Å²) in [6.45, 7) is 19.1. The number of ether oxygens (including phenoxy) is 12. The molecule has 5 aliphatic rings. The fourth-order valence-electron chi connectivity index (χ4n) is 12.2. The molecule has 4 aromatic carbocycles. The molecule has 0 spiro atoms. The lowest BCUT2D eigenvalue weighted by Crippen LogP contribution is -2.30. The number of aryl methyl sites for hydroxylation is 2. The Kier molecular flexibility index (Phi) is 19.1. The number of hydrogen-bond donors (Lipinski definition) is 0. The normalized spacial score (nSPS) is 25.1. The predicted molar refractivity (Wildman–Crippen MR) is 294 cm³/mol. The standard InChI is InChI=1S/C64H88O12/c1-11-29-67-53-43-23-19-24-44(53)38-48-34-42(22-16-18-28-52-58-60(62(66-10)72-52)76-64(7,8)74-58)36-50(56(48)70-32-14-4)40-46-26-20-25-45(54(46)68-30-12-2)39-49-35-41(33-47(37-43)55(49)69-31-13-3)21-15-17-27-51-57-59(61(65-9)71-51)75-63(5,6)73-57/h19-20,23-26,33-36,51-52,57-62H,11-18,21-22,27-32,37-40H2,1-10H3/t51-,52-,57+,58+,59+,60+,61+,62+/m0/s1. The van der Waals surface area contributed by atoms with E-state index in [1.807, 2.05) is 27.7 Å². The van der Waals surface area contributed by atoms with Gasteiger partial charge in [-0.05, 0) is 148 Å². The minimum Gasteiger partial charge on any atom is -0.493 e. The first-order valence-electron chi connectivity index (χ1n) is 28.9. The fourth-order valence-corrected chi connectivity index (χ4v) is 12.2. The van der Waals surface area contributed by atoms with Crippen LogP contribution in [0.5, 0.6) is 23.0 Å². The van der Waals surface area contributed by atoms with Gasteiger partial charge < -0.3 is 56.8 Å². The van der Waals surface area contributed by atoms with E-state index in [0.717, 1.165) is 122 Å². The topological polar surface area (TPSA) is 111 Å². The summed E-state index contributed by atoms with van der Waals surface area (Å²) in [4.78, 5) is 0. The van der Waals surface area contributed by atoms with Gasteiger partial charge in [-0.2, -0.15) is 0 Å². The Hall–Kier alpha value is -4.24. The van der Waals surface area contributed by atoms with Crippen molar-refractivity contribution in [2.24, 2.45) is 0 Å². The Morgan fingerprint density at radius 3 is 1.03 bits per heavy atom. The molecule has 4 fully saturated rings. The highest BCUT2D eigenvalue weighted by atomic mass is 16.8. The molecule has 0 amide bonds. The summed E-state index contributed by atoms with van der Waals surface area (Å²) in [5.41, 5.74) is 11.9. The van der Waals surface area contributed by atoms with Crippen LogP contribution < -0.4 is 18.9 Å². The smallest absolute Gasteiger partial charge is 0.186 e. The van der Waals surface area contributed by atoms with Crippen molar-refractivity contribution in [1.82, 2.24) is 0 Å². The first kappa shape index (κ1) is 56.5. The molecule has 8 atom stereocenters. The van der Waals surface area contributed by atoms with Crippen molar-refractivity contribution in [3.8, 4) is 23.0 Å². The third-order valence-electron chi connectivity index (χ3n) is 15.4. The molecular formula is C64H88O12. The van der Waals surface area contributed by atoms with Gasteiger partial charge in [-0.1, -0.05) is 101 Å². The van der Waals surface area contributed by atoms with Crippen LogP contribution in [0.2, 0.25) is 0 Å². The van der Waals surface area contributed by atoms with Crippen molar-refractivity contribution in [2.75, 3.05) is 40.6 Å². The zero-order chi connectivity index (χ0) is 53.4. The van der Waals surface area contributed by atoms with Gasteiger partial charge in [-0.3, -0.25) is 0 Å². The van der Waals surface area contributed by atoms with Gasteiger partial charge >= 0.3 is 0 Å². The Bertz CT molecular complexity index is 2270. The van der Waals surface area contributed by atoms with Crippen molar-refractivity contribution in [3.05, 3.63) is 116 Å². The fraction of sp³-hybridized carbons (Fsp3) is 0.625. The van der Waals surface area contributed by atoms with Crippen LogP contribution >= 0.6 is 0 Å². The largest absolute Gasteiger partial charge is 0.493 e. The number of rotatable bonds is 24. The molecule has 0 radical (unpaired) electrons. The van der Waals surface area contributed by atoms with E-state index in [4.69, 9.17) is 56.8 Å². The van der Waals surface area contributed by atoms with Gasteiger partial charge in [-0.15, -0.1) is 0 Å². The molecule has 0 aromatic heterocycles. The SMILES string of the molecule is CCCOc1c2cccc1Cc1cc(CCCC[C@@H]3O[C@@H](OC)[C@@H]4OC(C)(C)O[C@@H]43)cc(c1OCCC)Cc1cccc(c1OCCC)Cc1cc(CCCC[C@@H]3O[C@@H](OC)[C@@H]4OC(C)(C)O[C@@H]43)cc(c1OCCC)C2. The minimum absolute atomic E-state index is 0.0865. The zero-order valence-electron chi connectivity index (χ0n) is 47.4. The highest BCUT2D eigenvalue weighted by molar-refractivity contribution is 5.57. The van der Waals surface area contributed by atoms with E-state index in [9.17, 15) is 0 Å². The molecule has 4 heterocycles. The molecule has 8 bridgehead atoms. The van der Waals surface area contributed by atoms with Gasteiger partial charge in [0.1, 0.15) is 47.4 Å². The van der Waals surface area contributed by atoms with Crippen LogP contribution in [0.15, 0.2) is 60.7 Å². The van der Waals surface area contributed by atoms with Gasteiger partial charge in [0.25, 0.3) is 0 Å². The van der Waals surface area contributed by atoms with E-state index in [-0.39, 0.29) is 36.6 Å². The highest BCUT2D eigenvalue weighted by Crippen LogP contribution is 2.44. The summed E-state index contributed by atoms with van der Waals surface area (Å²) in [5, 5.41) is 0. The lowest BCUT2D eigenvalue weighted by Gasteiger charge is -2.24. The molecule has 12 heteroatoms.